The predicted molar refractivity (Wildman–Crippen MR) is 68.3 cm³/mol. The van der Waals surface area contributed by atoms with Crippen LogP contribution >= 0.6 is 0 Å². The third-order valence-corrected chi connectivity index (χ3v) is 3.47. The molecule has 1 atom stereocenters. The average Bonchev–Trinajstić information content (AvgIpc) is 2.73. The summed E-state index contributed by atoms with van der Waals surface area (Å²) < 4.78 is 2.06. The summed E-state index contributed by atoms with van der Waals surface area (Å²) in [7, 11) is 0. The van der Waals surface area contributed by atoms with Crippen molar-refractivity contribution in [3.63, 3.8) is 0 Å². The van der Waals surface area contributed by atoms with Crippen molar-refractivity contribution in [3.8, 4) is 5.69 Å². The molecule has 0 bridgehead atoms. The van der Waals surface area contributed by atoms with Crippen LogP contribution in [-0.4, -0.2) is 15.8 Å². The standard InChI is InChI=1S/C14H17N3/c1-10-2-5-13(6-3-10)17-14-7-4-12(15)8-11(14)9-16-17/h2-3,5-6,9,12H,4,7-8,15H2,1H3. The van der Waals surface area contributed by atoms with Crippen molar-refractivity contribution >= 4 is 0 Å². The highest BCUT2D eigenvalue weighted by molar-refractivity contribution is 5.38. The van der Waals surface area contributed by atoms with Gasteiger partial charge in [-0.25, -0.2) is 4.68 Å². The third kappa shape index (κ3) is 1.87. The molecular formula is C14H17N3. The number of benzene rings is 1. The highest BCUT2D eigenvalue weighted by atomic mass is 15.3. The van der Waals surface area contributed by atoms with Crippen molar-refractivity contribution < 1.29 is 0 Å². The molecule has 0 saturated carbocycles. The maximum atomic E-state index is 5.98. The number of aromatic nitrogens is 2. The van der Waals surface area contributed by atoms with Gasteiger partial charge >= 0.3 is 0 Å². The monoisotopic (exact) mass is 227 g/mol. The van der Waals surface area contributed by atoms with E-state index in [1.54, 1.807) is 0 Å². The topological polar surface area (TPSA) is 43.8 Å². The van der Waals surface area contributed by atoms with E-state index in [1.807, 2.05) is 6.20 Å². The maximum absolute atomic E-state index is 5.98. The largest absolute Gasteiger partial charge is 0.327 e. The molecule has 2 N–H and O–H groups in total. The first kappa shape index (κ1) is 10.5. The first-order valence-corrected chi connectivity index (χ1v) is 6.12. The van der Waals surface area contributed by atoms with Gasteiger partial charge in [-0.05, 0) is 43.9 Å². The molecule has 2 aromatic rings. The highest BCUT2D eigenvalue weighted by Crippen LogP contribution is 2.23. The van der Waals surface area contributed by atoms with Gasteiger partial charge in [0.2, 0.25) is 0 Å². The molecule has 1 aliphatic carbocycles. The molecule has 0 aliphatic heterocycles. The molecule has 3 rings (SSSR count). The smallest absolute Gasteiger partial charge is 0.0649 e. The zero-order valence-electron chi connectivity index (χ0n) is 10.1. The Morgan fingerprint density at radius 3 is 2.82 bits per heavy atom. The Balaban J connectivity index is 2.02. The fraction of sp³-hybridized carbons (Fsp3) is 0.357. The number of fused-ring (bicyclic) bond motifs is 1. The SMILES string of the molecule is Cc1ccc(-n2ncc3c2CCC(N)C3)cc1. The van der Waals surface area contributed by atoms with Gasteiger partial charge in [0.15, 0.2) is 0 Å². The highest BCUT2D eigenvalue weighted by Gasteiger charge is 2.20. The fourth-order valence-corrected chi connectivity index (χ4v) is 2.46. The van der Waals surface area contributed by atoms with Gasteiger partial charge in [0.05, 0.1) is 11.9 Å². The van der Waals surface area contributed by atoms with Crippen molar-refractivity contribution in [2.24, 2.45) is 5.73 Å². The summed E-state index contributed by atoms with van der Waals surface area (Å²) >= 11 is 0. The lowest BCUT2D eigenvalue weighted by Gasteiger charge is -2.19. The average molecular weight is 227 g/mol. The van der Waals surface area contributed by atoms with Gasteiger partial charge in [-0.1, -0.05) is 17.7 Å². The van der Waals surface area contributed by atoms with Gasteiger partial charge in [0, 0.05) is 11.7 Å². The lowest BCUT2D eigenvalue weighted by Crippen LogP contribution is -2.28. The van der Waals surface area contributed by atoms with Crippen LogP contribution in [0.2, 0.25) is 0 Å². The molecule has 1 heterocycles. The summed E-state index contributed by atoms with van der Waals surface area (Å²) in [6, 6.07) is 8.79. The summed E-state index contributed by atoms with van der Waals surface area (Å²) in [5.74, 6) is 0. The molecule has 3 heteroatoms. The summed E-state index contributed by atoms with van der Waals surface area (Å²) in [6.45, 7) is 2.10. The minimum absolute atomic E-state index is 0.304. The summed E-state index contributed by atoms with van der Waals surface area (Å²) in [6.07, 6.45) is 5.02. The van der Waals surface area contributed by atoms with E-state index in [-0.39, 0.29) is 0 Å². The lowest BCUT2D eigenvalue weighted by atomic mass is 9.94. The molecule has 0 fully saturated rings. The predicted octanol–water partition coefficient (Wildman–Crippen LogP) is 2.00. The first-order chi connectivity index (χ1) is 8.24. The van der Waals surface area contributed by atoms with Gasteiger partial charge in [-0.3, -0.25) is 0 Å². The van der Waals surface area contributed by atoms with E-state index in [9.17, 15) is 0 Å². The summed E-state index contributed by atoms with van der Waals surface area (Å²) in [4.78, 5) is 0. The molecule has 0 amide bonds. The second kappa shape index (κ2) is 4.00. The van der Waals surface area contributed by atoms with Gasteiger partial charge in [-0.2, -0.15) is 5.10 Å². The van der Waals surface area contributed by atoms with E-state index < -0.39 is 0 Å². The van der Waals surface area contributed by atoms with Crippen LogP contribution in [0.5, 0.6) is 0 Å². The van der Waals surface area contributed by atoms with E-state index in [2.05, 4.69) is 41.0 Å². The normalized spacial score (nSPS) is 19.1. The number of hydrogen-bond acceptors (Lipinski definition) is 2. The lowest BCUT2D eigenvalue weighted by molar-refractivity contribution is 0.562. The van der Waals surface area contributed by atoms with Crippen LogP contribution in [0.3, 0.4) is 0 Å². The molecule has 1 aromatic heterocycles. The van der Waals surface area contributed by atoms with E-state index in [4.69, 9.17) is 5.73 Å². The zero-order valence-corrected chi connectivity index (χ0v) is 10.1. The molecule has 17 heavy (non-hydrogen) atoms. The van der Waals surface area contributed by atoms with E-state index in [0.29, 0.717) is 6.04 Å². The van der Waals surface area contributed by atoms with Crippen molar-refractivity contribution in [2.45, 2.75) is 32.2 Å². The van der Waals surface area contributed by atoms with Gasteiger partial charge in [0.1, 0.15) is 0 Å². The Kier molecular flexibility index (Phi) is 2.48. The number of aryl methyl sites for hydroxylation is 1. The van der Waals surface area contributed by atoms with Crippen LogP contribution in [0.15, 0.2) is 30.5 Å². The molecule has 1 unspecified atom stereocenters. The number of nitrogens with zero attached hydrogens (tertiary/aromatic N) is 2. The molecular weight excluding hydrogens is 210 g/mol. The number of hydrogen-bond donors (Lipinski definition) is 1. The fourth-order valence-electron chi connectivity index (χ4n) is 2.46. The second-order valence-corrected chi connectivity index (χ2v) is 4.87. The van der Waals surface area contributed by atoms with Crippen molar-refractivity contribution in [1.82, 2.24) is 9.78 Å². The van der Waals surface area contributed by atoms with Crippen LogP contribution < -0.4 is 5.73 Å². The molecule has 0 radical (unpaired) electrons. The zero-order chi connectivity index (χ0) is 11.8. The quantitative estimate of drug-likeness (QED) is 0.809. The van der Waals surface area contributed by atoms with E-state index in [1.165, 1.54) is 16.8 Å². The number of rotatable bonds is 1. The first-order valence-electron chi connectivity index (χ1n) is 6.12. The Morgan fingerprint density at radius 1 is 1.29 bits per heavy atom. The summed E-state index contributed by atoms with van der Waals surface area (Å²) in [5.41, 5.74) is 11.0. The Bertz CT molecular complexity index is 525. The molecule has 1 aliphatic rings. The Labute approximate surface area is 101 Å². The third-order valence-electron chi connectivity index (χ3n) is 3.47. The van der Waals surface area contributed by atoms with E-state index >= 15 is 0 Å². The maximum Gasteiger partial charge on any atom is 0.0649 e. The molecule has 0 saturated heterocycles. The second-order valence-electron chi connectivity index (χ2n) is 4.87. The van der Waals surface area contributed by atoms with Gasteiger partial charge in [0.25, 0.3) is 0 Å². The van der Waals surface area contributed by atoms with Gasteiger partial charge in [-0.15, -0.1) is 0 Å². The minimum atomic E-state index is 0.304. The Hall–Kier alpha value is -1.61. The van der Waals surface area contributed by atoms with Crippen molar-refractivity contribution in [1.29, 1.82) is 0 Å². The van der Waals surface area contributed by atoms with Crippen LogP contribution in [0, 0.1) is 6.92 Å². The van der Waals surface area contributed by atoms with Crippen molar-refractivity contribution in [3.05, 3.63) is 47.3 Å². The molecule has 0 spiro atoms. The van der Waals surface area contributed by atoms with Crippen LogP contribution in [0.25, 0.3) is 5.69 Å². The minimum Gasteiger partial charge on any atom is -0.327 e. The summed E-state index contributed by atoms with van der Waals surface area (Å²) in [5, 5.41) is 4.49. The number of nitrogens with two attached hydrogens (primary N) is 1. The van der Waals surface area contributed by atoms with Crippen LogP contribution in [0.4, 0.5) is 0 Å². The van der Waals surface area contributed by atoms with E-state index in [0.717, 1.165) is 24.9 Å². The molecule has 3 nitrogen and oxygen atoms in total. The Morgan fingerprint density at radius 2 is 2.06 bits per heavy atom. The molecule has 88 valence electrons. The molecule has 1 aromatic carbocycles. The van der Waals surface area contributed by atoms with Crippen molar-refractivity contribution in [2.75, 3.05) is 0 Å². The van der Waals surface area contributed by atoms with Crippen LogP contribution in [-0.2, 0) is 12.8 Å². The van der Waals surface area contributed by atoms with Gasteiger partial charge < -0.3 is 5.73 Å². The van der Waals surface area contributed by atoms with Crippen LogP contribution in [0.1, 0.15) is 23.2 Å².